The maximum atomic E-state index is 9.37. The lowest BCUT2D eigenvalue weighted by Gasteiger charge is -2.27. The van der Waals surface area contributed by atoms with Crippen LogP contribution in [0.15, 0.2) is 24.3 Å². The summed E-state index contributed by atoms with van der Waals surface area (Å²) in [6.07, 6.45) is 2.04. The Bertz CT molecular complexity index is 327. The third kappa shape index (κ3) is 2.95. The van der Waals surface area contributed by atoms with Gasteiger partial charge in [0.25, 0.3) is 0 Å². The molecule has 0 aliphatic carbocycles. The van der Waals surface area contributed by atoms with E-state index in [1.807, 2.05) is 18.2 Å². The molecule has 1 aromatic rings. The van der Waals surface area contributed by atoms with Crippen LogP contribution in [-0.4, -0.2) is 23.1 Å². The molecule has 1 N–H and O–H groups in total. The van der Waals surface area contributed by atoms with Gasteiger partial charge in [-0.25, -0.2) is 0 Å². The minimum absolute atomic E-state index is 0.343. The SMILES string of the molecule is Oc1cccc(CC2COCCC2Br)c1. The molecule has 1 saturated heterocycles. The fourth-order valence-electron chi connectivity index (χ4n) is 1.94. The second-order valence-electron chi connectivity index (χ2n) is 4.01. The van der Waals surface area contributed by atoms with Gasteiger partial charge < -0.3 is 9.84 Å². The predicted octanol–water partition coefficient (Wildman–Crippen LogP) is 2.73. The van der Waals surface area contributed by atoms with E-state index < -0.39 is 0 Å². The van der Waals surface area contributed by atoms with Gasteiger partial charge in [-0.3, -0.25) is 0 Å². The number of hydrogen-bond donors (Lipinski definition) is 1. The number of phenols is 1. The zero-order chi connectivity index (χ0) is 10.7. The van der Waals surface area contributed by atoms with Crippen LogP contribution in [0.3, 0.4) is 0 Å². The van der Waals surface area contributed by atoms with Crippen LogP contribution in [0.4, 0.5) is 0 Å². The van der Waals surface area contributed by atoms with Crippen LogP contribution >= 0.6 is 15.9 Å². The van der Waals surface area contributed by atoms with Crippen molar-refractivity contribution in [1.82, 2.24) is 0 Å². The molecule has 3 heteroatoms. The molecule has 15 heavy (non-hydrogen) atoms. The van der Waals surface area contributed by atoms with Crippen molar-refractivity contribution in [2.45, 2.75) is 17.7 Å². The Labute approximate surface area is 98.4 Å². The van der Waals surface area contributed by atoms with Gasteiger partial charge in [0.1, 0.15) is 5.75 Å². The van der Waals surface area contributed by atoms with Crippen LogP contribution in [0.25, 0.3) is 0 Å². The van der Waals surface area contributed by atoms with Gasteiger partial charge in [0, 0.05) is 11.4 Å². The molecule has 0 spiro atoms. The van der Waals surface area contributed by atoms with Crippen LogP contribution < -0.4 is 0 Å². The molecule has 0 radical (unpaired) electrons. The fourth-order valence-corrected chi connectivity index (χ4v) is 2.47. The van der Waals surface area contributed by atoms with E-state index in [1.165, 1.54) is 5.56 Å². The van der Waals surface area contributed by atoms with Crippen molar-refractivity contribution in [3.05, 3.63) is 29.8 Å². The molecule has 0 bridgehead atoms. The molecule has 1 heterocycles. The first kappa shape index (κ1) is 11.0. The van der Waals surface area contributed by atoms with E-state index in [2.05, 4.69) is 15.9 Å². The van der Waals surface area contributed by atoms with E-state index in [9.17, 15) is 5.11 Å². The second kappa shape index (κ2) is 4.99. The number of alkyl halides is 1. The molecule has 82 valence electrons. The van der Waals surface area contributed by atoms with Crippen LogP contribution in [0, 0.1) is 5.92 Å². The lowest BCUT2D eigenvalue weighted by Crippen LogP contribution is -2.29. The Kier molecular flexibility index (Phi) is 3.65. The summed E-state index contributed by atoms with van der Waals surface area (Å²) in [5.74, 6) is 0.857. The first-order chi connectivity index (χ1) is 7.25. The highest BCUT2D eigenvalue weighted by atomic mass is 79.9. The van der Waals surface area contributed by atoms with Crippen molar-refractivity contribution in [3.63, 3.8) is 0 Å². The highest BCUT2D eigenvalue weighted by Gasteiger charge is 2.23. The lowest BCUT2D eigenvalue weighted by molar-refractivity contribution is 0.0605. The molecule has 0 saturated carbocycles. The number of benzene rings is 1. The van der Waals surface area contributed by atoms with Gasteiger partial charge in [0.15, 0.2) is 0 Å². The van der Waals surface area contributed by atoms with E-state index >= 15 is 0 Å². The maximum absolute atomic E-state index is 9.37. The van der Waals surface area contributed by atoms with Gasteiger partial charge in [-0.05, 0) is 36.5 Å². The summed E-state index contributed by atoms with van der Waals surface area (Å²) in [6, 6.07) is 7.46. The van der Waals surface area contributed by atoms with Crippen molar-refractivity contribution in [2.24, 2.45) is 5.92 Å². The van der Waals surface area contributed by atoms with Gasteiger partial charge in [-0.1, -0.05) is 28.1 Å². The number of halogens is 1. The summed E-state index contributed by atoms with van der Waals surface area (Å²) in [7, 11) is 0. The predicted molar refractivity (Wildman–Crippen MR) is 63.5 cm³/mol. The zero-order valence-corrected chi connectivity index (χ0v) is 10.1. The average Bonchev–Trinajstić information content (AvgIpc) is 2.22. The van der Waals surface area contributed by atoms with Crippen molar-refractivity contribution < 1.29 is 9.84 Å². The number of phenolic OH excluding ortho intramolecular Hbond substituents is 1. The monoisotopic (exact) mass is 270 g/mol. The first-order valence-electron chi connectivity index (χ1n) is 5.25. The van der Waals surface area contributed by atoms with E-state index in [4.69, 9.17) is 4.74 Å². The average molecular weight is 271 g/mol. The normalized spacial score (nSPS) is 26.5. The quantitative estimate of drug-likeness (QED) is 0.838. The molecule has 0 aromatic heterocycles. The molecule has 2 unspecified atom stereocenters. The number of aromatic hydroxyl groups is 1. The van der Waals surface area contributed by atoms with Gasteiger partial charge in [-0.15, -0.1) is 0 Å². The van der Waals surface area contributed by atoms with Crippen LogP contribution in [0.1, 0.15) is 12.0 Å². The Morgan fingerprint density at radius 1 is 1.47 bits per heavy atom. The van der Waals surface area contributed by atoms with Gasteiger partial charge in [0.2, 0.25) is 0 Å². The summed E-state index contributed by atoms with van der Waals surface area (Å²) >= 11 is 3.69. The topological polar surface area (TPSA) is 29.5 Å². The van der Waals surface area contributed by atoms with E-state index in [0.29, 0.717) is 16.5 Å². The minimum atomic E-state index is 0.343. The molecule has 1 aliphatic rings. The third-order valence-corrected chi connectivity index (χ3v) is 4.00. The van der Waals surface area contributed by atoms with Crippen molar-refractivity contribution in [2.75, 3.05) is 13.2 Å². The van der Waals surface area contributed by atoms with Crippen LogP contribution in [-0.2, 0) is 11.2 Å². The molecular weight excluding hydrogens is 256 g/mol. The number of rotatable bonds is 2. The highest BCUT2D eigenvalue weighted by Crippen LogP contribution is 2.26. The standard InChI is InChI=1S/C12H15BrO2/c13-12-4-5-15-8-10(12)6-9-2-1-3-11(14)7-9/h1-3,7,10,12,14H,4-6,8H2. The second-order valence-corrected chi connectivity index (χ2v) is 5.19. The van der Waals surface area contributed by atoms with Crippen molar-refractivity contribution in [1.29, 1.82) is 0 Å². The Balaban J connectivity index is 2.01. The van der Waals surface area contributed by atoms with Gasteiger partial charge in [0.05, 0.1) is 6.61 Å². The van der Waals surface area contributed by atoms with Crippen LogP contribution in [0.5, 0.6) is 5.75 Å². The van der Waals surface area contributed by atoms with Crippen molar-refractivity contribution >= 4 is 15.9 Å². The van der Waals surface area contributed by atoms with Gasteiger partial charge >= 0.3 is 0 Å². The fraction of sp³-hybridized carbons (Fsp3) is 0.500. The van der Waals surface area contributed by atoms with Gasteiger partial charge in [-0.2, -0.15) is 0 Å². The Morgan fingerprint density at radius 3 is 3.07 bits per heavy atom. The summed E-state index contributed by atoms with van der Waals surface area (Å²) in [4.78, 5) is 0.536. The summed E-state index contributed by atoms with van der Waals surface area (Å²) in [5, 5.41) is 9.37. The largest absolute Gasteiger partial charge is 0.508 e. The number of ether oxygens (including phenoxy) is 1. The highest BCUT2D eigenvalue weighted by molar-refractivity contribution is 9.09. The number of hydrogen-bond acceptors (Lipinski definition) is 2. The molecule has 2 atom stereocenters. The molecule has 1 fully saturated rings. The van der Waals surface area contributed by atoms with Crippen molar-refractivity contribution in [3.8, 4) is 5.75 Å². The zero-order valence-electron chi connectivity index (χ0n) is 8.53. The molecule has 1 aliphatic heterocycles. The minimum Gasteiger partial charge on any atom is -0.508 e. The smallest absolute Gasteiger partial charge is 0.115 e. The van der Waals surface area contributed by atoms with Crippen LogP contribution in [0.2, 0.25) is 0 Å². The molecule has 2 rings (SSSR count). The Hall–Kier alpha value is -0.540. The summed E-state index contributed by atoms with van der Waals surface area (Å²) < 4.78 is 5.46. The first-order valence-corrected chi connectivity index (χ1v) is 6.17. The molecular formula is C12H15BrO2. The summed E-state index contributed by atoms with van der Waals surface area (Å²) in [6.45, 7) is 1.66. The van der Waals surface area contributed by atoms with E-state index in [-0.39, 0.29) is 0 Å². The van der Waals surface area contributed by atoms with E-state index in [1.54, 1.807) is 6.07 Å². The summed E-state index contributed by atoms with van der Waals surface area (Å²) in [5.41, 5.74) is 1.18. The Morgan fingerprint density at radius 2 is 2.33 bits per heavy atom. The lowest BCUT2D eigenvalue weighted by atomic mass is 9.94. The van der Waals surface area contributed by atoms with E-state index in [0.717, 1.165) is 26.1 Å². The molecule has 2 nitrogen and oxygen atoms in total. The molecule has 1 aromatic carbocycles. The maximum Gasteiger partial charge on any atom is 0.115 e. The third-order valence-electron chi connectivity index (χ3n) is 2.79. The molecule has 0 amide bonds.